The number of nitrogens with zero attached hydrogens (tertiary/aromatic N) is 1. The average molecular weight is 360 g/mol. The van der Waals surface area contributed by atoms with Gasteiger partial charge in [0.2, 0.25) is 5.91 Å². The Labute approximate surface area is 154 Å². The van der Waals surface area contributed by atoms with Crippen molar-refractivity contribution >= 4 is 12.0 Å². The van der Waals surface area contributed by atoms with Gasteiger partial charge in [-0.05, 0) is 52.5 Å². The smallest absolute Gasteiger partial charge is 0.408 e. The number of hydrogen-bond donors (Lipinski definition) is 1. The van der Waals surface area contributed by atoms with Gasteiger partial charge >= 0.3 is 6.09 Å². The first kappa shape index (κ1) is 18.5. The molecule has 0 aromatic heterocycles. The van der Waals surface area contributed by atoms with Crippen LogP contribution in [-0.4, -0.2) is 41.2 Å². The second kappa shape index (κ2) is 6.82. The molecule has 1 aromatic rings. The third kappa shape index (κ3) is 4.11. The second-order valence-corrected chi connectivity index (χ2v) is 8.29. The topological polar surface area (TPSA) is 67.9 Å². The Morgan fingerprint density at radius 3 is 2.54 bits per heavy atom. The zero-order valence-electron chi connectivity index (χ0n) is 16.0. The number of nitrogens with one attached hydrogen (secondary N) is 1. The van der Waals surface area contributed by atoms with E-state index in [0.29, 0.717) is 19.7 Å². The van der Waals surface area contributed by atoms with E-state index < -0.39 is 17.2 Å². The summed E-state index contributed by atoms with van der Waals surface area (Å²) in [5.41, 5.74) is -0.581. The normalized spacial score (nSPS) is 19.5. The number of amides is 2. The maximum atomic E-state index is 13.4. The van der Waals surface area contributed by atoms with Gasteiger partial charge in [0, 0.05) is 12.1 Å². The Balaban J connectivity index is 1.77. The van der Waals surface area contributed by atoms with E-state index >= 15 is 0 Å². The number of ether oxygens (including phenoxy) is 2. The quantitative estimate of drug-likeness (QED) is 0.899. The van der Waals surface area contributed by atoms with Crippen LogP contribution in [0.25, 0.3) is 0 Å². The Morgan fingerprint density at radius 2 is 1.88 bits per heavy atom. The third-order valence-corrected chi connectivity index (χ3v) is 4.84. The van der Waals surface area contributed by atoms with Gasteiger partial charge in [-0.3, -0.25) is 4.79 Å². The summed E-state index contributed by atoms with van der Waals surface area (Å²) >= 11 is 0. The largest absolute Gasteiger partial charge is 0.491 e. The lowest BCUT2D eigenvalue weighted by atomic mass is 9.93. The van der Waals surface area contributed by atoms with Crippen LogP contribution >= 0.6 is 0 Å². The molecule has 1 fully saturated rings. The Kier molecular flexibility index (Phi) is 4.86. The fourth-order valence-electron chi connectivity index (χ4n) is 3.33. The lowest BCUT2D eigenvalue weighted by molar-refractivity contribution is -0.139. The van der Waals surface area contributed by atoms with Crippen molar-refractivity contribution in [3.05, 3.63) is 29.8 Å². The molecule has 1 aliphatic heterocycles. The Morgan fingerprint density at radius 1 is 1.19 bits per heavy atom. The van der Waals surface area contributed by atoms with Gasteiger partial charge in [0.25, 0.3) is 0 Å². The molecule has 0 unspecified atom stereocenters. The van der Waals surface area contributed by atoms with Gasteiger partial charge in [0.15, 0.2) is 0 Å². The lowest BCUT2D eigenvalue weighted by Crippen LogP contribution is -2.60. The first-order valence-electron chi connectivity index (χ1n) is 9.20. The second-order valence-electron chi connectivity index (χ2n) is 8.29. The predicted molar refractivity (Wildman–Crippen MR) is 97.9 cm³/mol. The van der Waals surface area contributed by atoms with Crippen molar-refractivity contribution in [2.75, 3.05) is 13.2 Å². The van der Waals surface area contributed by atoms with E-state index in [-0.39, 0.29) is 11.8 Å². The maximum Gasteiger partial charge on any atom is 0.408 e. The molecule has 3 rings (SSSR count). The first-order chi connectivity index (χ1) is 12.2. The standard InChI is InChI=1S/C20H28N2O4/c1-19(2,3)26-18(24)21-20(4,15-9-10-15)17(23)22-11-12-25-16-8-6-5-7-14(16)13-22/h5-8,15H,9-13H2,1-4H3,(H,21,24)/t20-/m0/s1. The third-order valence-electron chi connectivity index (χ3n) is 4.84. The summed E-state index contributed by atoms with van der Waals surface area (Å²) in [6, 6.07) is 7.75. The number of carbonyl (C=O) groups is 2. The van der Waals surface area contributed by atoms with Crippen LogP contribution in [0.1, 0.15) is 46.1 Å². The fraction of sp³-hybridized carbons (Fsp3) is 0.600. The van der Waals surface area contributed by atoms with Crippen LogP contribution in [0.4, 0.5) is 4.79 Å². The van der Waals surface area contributed by atoms with Crippen molar-refractivity contribution in [2.24, 2.45) is 5.92 Å². The van der Waals surface area contributed by atoms with E-state index in [1.54, 1.807) is 4.90 Å². The Hall–Kier alpha value is -2.24. The summed E-state index contributed by atoms with van der Waals surface area (Å²) in [6.45, 7) is 8.66. The van der Waals surface area contributed by atoms with Crippen LogP contribution in [0.15, 0.2) is 24.3 Å². The molecule has 2 aliphatic rings. The summed E-state index contributed by atoms with van der Waals surface area (Å²) in [4.78, 5) is 27.5. The van der Waals surface area contributed by atoms with E-state index in [1.165, 1.54) is 0 Å². The summed E-state index contributed by atoms with van der Waals surface area (Å²) < 4.78 is 11.1. The molecular formula is C20H28N2O4. The van der Waals surface area contributed by atoms with Gasteiger partial charge in [-0.1, -0.05) is 18.2 Å². The molecule has 1 saturated carbocycles. The number of fused-ring (bicyclic) bond motifs is 1. The summed E-state index contributed by atoms with van der Waals surface area (Å²) in [5, 5.41) is 2.86. The highest BCUT2D eigenvalue weighted by molar-refractivity contribution is 5.90. The van der Waals surface area contributed by atoms with Gasteiger partial charge in [-0.2, -0.15) is 0 Å². The van der Waals surface area contributed by atoms with Crippen molar-refractivity contribution in [2.45, 2.75) is 58.2 Å². The molecule has 1 atom stereocenters. The first-order valence-corrected chi connectivity index (χ1v) is 9.20. The minimum absolute atomic E-state index is 0.0776. The molecule has 1 N–H and O–H groups in total. The molecule has 0 radical (unpaired) electrons. The van der Waals surface area contributed by atoms with Gasteiger partial charge in [-0.25, -0.2) is 4.79 Å². The van der Waals surface area contributed by atoms with E-state index in [9.17, 15) is 9.59 Å². The van der Waals surface area contributed by atoms with Crippen LogP contribution < -0.4 is 10.1 Å². The lowest BCUT2D eigenvalue weighted by Gasteiger charge is -2.35. The molecule has 0 spiro atoms. The highest BCUT2D eigenvalue weighted by Crippen LogP contribution is 2.41. The van der Waals surface area contributed by atoms with E-state index in [2.05, 4.69) is 5.32 Å². The summed E-state index contributed by atoms with van der Waals surface area (Å²) in [5.74, 6) is 0.879. The van der Waals surface area contributed by atoms with Crippen LogP contribution in [0, 0.1) is 5.92 Å². The molecule has 2 amide bonds. The highest BCUT2D eigenvalue weighted by atomic mass is 16.6. The average Bonchev–Trinajstić information content (AvgIpc) is 3.38. The van der Waals surface area contributed by atoms with E-state index in [4.69, 9.17) is 9.47 Å². The van der Waals surface area contributed by atoms with Gasteiger partial charge in [0.1, 0.15) is 23.5 Å². The maximum absolute atomic E-state index is 13.4. The number of para-hydroxylation sites is 1. The van der Waals surface area contributed by atoms with Gasteiger partial charge < -0.3 is 19.7 Å². The number of carbonyl (C=O) groups excluding carboxylic acids is 2. The molecule has 1 aliphatic carbocycles. The van der Waals surface area contributed by atoms with E-state index in [1.807, 2.05) is 52.0 Å². The van der Waals surface area contributed by atoms with Crippen molar-refractivity contribution in [1.82, 2.24) is 10.2 Å². The van der Waals surface area contributed by atoms with Gasteiger partial charge in [-0.15, -0.1) is 0 Å². The molecule has 0 bridgehead atoms. The van der Waals surface area contributed by atoms with Crippen molar-refractivity contribution < 1.29 is 19.1 Å². The number of benzene rings is 1. The summed E-state index contributed by atoms with van der Waals surface area (Å²) in [6.07, 6.45) is 1.31. The zero-order valence-corrected chi connectivity index (χ0v) is 16.0. The molecule has 142 valence electrons. The zero-order chi connectivity index (χ0) is 18.9. The number of hydrogen-bond acceptors (Lipinski definition) is 4. The minimum Gasteiger partial charge on any atom is -0.491 e. The fourth-order valence-corrected chi connectivity index (χ4v) is 3.33. The van der Waals surface area contributed by atoms with Crippen molar-refractivity contribution in [3.8, 4) is 5.75 Å². The number of rotatable bonds is 3. The minimum atomic E-state index is -0.957. The molecular weight excluding hydrogens is 332 g/mol. The predicted octanol–water partition coefficient (Wildman–Crippen LogP) is 3.10. The summed E-state index contributed by atoms with van der Waals surface area (Å²) in [7, 11) is 0. The van der Waals surface area contributed by atoms with Crippen molar-refractivity contribution in [3.63, 3.8) is 0 Å². The van der Waals surface area contributed by atoms with Crippen molar-refractivity contribution in [1.29, 1.82) is 0 Å². The Bertz CT molecular complexity index is 693. The highest BCUT2D eigenvalue weighted by Gasteiger charge is 2.50. The van der Waals surface area contributed by atoms with Crippen LogP contribution in [0.2, 0.25) is 0 Å². The van der Waals surface area contributed by atoms with E-state index in [0.717, 1.165) is 24.2 Å². The molecule has 6 heteroatoms. The molecule has 6 nitrogen and oxygen atoms in total. The molecule has 0 saturated heterocycles. The molecule has 1 heterocycles. The molecule has 1 aromatic carbocycles. The van der Waals surface area contributed by atoms with Crippen LogP contribution in [0.3, 0.4) is 0 Å². The SMILES string of the molecule is CC(C)(C)OC(=O)N[C@](C)(C(=O)N1CCOc2ccccc2C1)C1CC1. The number of alkyl carbamates (subject to hydrolysis) is 1. The van der Waals surface area contributed by atoms with Crippen LogP contribution in [-0.2, 0) is 16.1 Å². The van der Waals surface area contributed by atoms with Gasteiger partial charge in [0.05, 0.1) is 6.54 Å². The monoisotopic (exact) mass is 360 g/mol. The molecule has 26 heavy (non-hydrogen) atoms. The van der Waals surface area contributed by atoms with Crippen LogP contribution in [0.5, 0.6) is 5.75 Å².